The summed E-state index contributed by atoms with van der Waals surface area (Å²) in [7, 11) is -1.38. The van der Waals surface area contributed by atoms with Gasteiger partial charge in [0.15, 0.2) is 17.6 Å². The fraction of sp³-hybridized carbons (Fsp3) is 0.316. The van der Waals surface area contributed by atoms with E-state index in [1.807, 2.05) is 0 Å². The predicted molar refractivity (Wildman–Crippen MR) is 182 cm³/mol. The molecule has 0 spiro atoms. The normalized spacial score (nSPS) is 11.9. The summed E-state index contributed by atoms with van der Waals surface area (Å²) in [6.45, 7) is 18.5. The second kappa shape index (κ2) is 11.7. The molecule has 5 rings (SSSR count). The van der Waals surface area contributed by atoms with Gasteiger partial charge in [-0.05, 0) is 102 Å². The monoisotopic (exact) mass is 552 g/mol. The molecule has 0 atom stereocenters. The summed E-state index contributed by atoms with van der Waals surface area (Å²) in [5.74, 6) is 7.03. The molecule has 2 heteroatoms. The summed E-state index contributed by atoms with van der Waals surface area (Å²) in [6.07, 6.45) is 0. The maximum absolute atomic E-state index is 3.65. The topological polar surface area (TPSA) is 0 Å². The second-order valence-corrected chi connectivity index (χ2v) is 19.3. The van der Waals surface area contributed by atoms with Crippen LogP contribution >= 0.6 is 0 Å². The predicted octanol–water partition coefficient (Wildman–Crippen LogP) is 10.7. The van der Waals surface area contributed by atoms with E-state index in [0.29, 0.717) is 22.2 Å². The molecule has 0 bridgehead atoms. The summed E-state index contributed by atoms with van der Waals surface area (Å²) >= 11 is 0. The third-order valence-electron chi connectivity index (χ3n) is 7.98. The first-order valence-electron chi connectivity index (χ1n) is 14.7. The average molecular weight is 553 g/mol. The molecule has 0 amide bonds. The van der Waals surface area contributed by atoms with Crippen molar-refractivity contribution in [2.75, 3.05) is 0 Å². The van der Waals surface area contributed by atoms with Crippen molar-refractivity contribution >= 4 is 60.7 Å². The smallest absolute Gasteiger partial charge is 0.127 e. The molecule has 0 nitrogen and oxygen atoms in total. The first-order chi connectivity index (χ1) is 19.1. The van der Waals surface area contributed by atoms with E-state index >= 15 is 0 Å². The van der Waals surface area contributed by atoms with Crippen LogP contribution in [0.25, 0.3) is 43.1 Å². The van der Waals surface area contributed by atoms with E-state index in [9.17, 15) is 0 Å². The highest BCUT2D eigenvalue weighted by molar-refractivity contribution is 6.70. The van der Waals surface area contributed by atoms with Crippen LogP contribution in [-0.4, -0.2) is 17.6 Å². The van der Waals surface area contributed by atoms with Gasteiger partial charge in [0, 0.05) is 11.1 Å². The zero-order chi connectivity index (χ0) is 28.6. The van der Waals surface area contributed by atoms with Crippen molar-refractivity contribution in [2.45, 2.75) is 77.6 Å². The minimum atomic E-state index is -0.689. The molecule has 5 aromatic rings. The van der Waals surface area contributed by atoms with Gasteiger partial charge in [0.1, 0.15) is 0 Å². The molecular formula is C38H40Si2. The van der Waals surface area contributed by atoms with Crippen molar-refractivity contribution in [3.8, 4) is 22.9 Å². The van der Waals surface area contributed by atoms with Gasteiger partial charge in [-0.25, -0.2) is 0 Å². The fourth-order valence-electron chi connectivity index (χ4n) is 5.98. The van der Waals surface area contributed by atoms with Gasteiger partial charge in [-0.15, -0.1) is 11.1 Å². The fourth-order valence-corrected chi connectivity index (χ4v) is 10.4. The van der Waals surface area contributed by atoms with Gasteiger partial charge < -0.3 is 0 Å². The average Bonchev–Trinajstić information content (AvgIpc) is 2.91. The maximum Gasteiger partial charge on any atom is 0.150 e. The summed E-state index contributed by atoms with van der Waals surface area (Å²) < 4.78 is 0. The molecule has 0 aliphatic rings. The molecule has 5 aromatic carbocycles. The molecular weight excluding hydrogens is 513 g/mol. The van der Waals surface area contributed by atoms with Crippen LogP contribution < -0.4 is 0 Å². The Bertz CT molecular complexity index is 1680. The van der Waals surface area contributed by atoms with Gasteiger partial charge in [0.05, 0.1) is 0 Å². The Balaban J connectivity index is 1.54. The lowest BCUT2D eigenvalue weighted by Gasteiger charge is -2.15. The third kappa shape index (κ3) is 5.76. The van der Waals surface area contributed by atoms with Crippen LogP contribution in [0.15, 0.2) is 72.8 Å². The van der Waals surface area contributed by atoms with Crippen LogP contribution in [0, 0.1) is 22.9 Å². The lowest BCUT2D eigenvalue weighted by atomic mass is 9.94. The van der Waals surface area contributed by atoms with Gasteiger partial charge >= 0.3 is 0 Å². The molecule has 200 valence electrons. The lowest BCUT2D eigenvalue weighted by molar-refractivity contribution is 0.954. The van der Waals surface area contributed by atoms with Crippen molar-refractivity contribution < 1.29 is 0 Å². The zero-order valence-corrected chi connectivity index (χ0v) is 27.2. The molecule has 0 N–H and O–H groups in total. The SMILES string of the molecule is CC(C)[Si](C#Cc1ccc2c(ccc3cc4c(ccc5cc(C#C[Si](C(C)C)C(C)C)ccc54)cc32)c1)C(C)C. The van der Waals surface area contributed by atoms with E-state index in [4.69, 9.17) is 0 Å². The van der Waals surface area contributed by atoms with Crippen molar-refractivity contribution in [3.05, 3.63) is 83.9 Å². The number of hydrogen-bond acceptors (Lipinski definition) is 0. The highest BCUT2D eigenvalue weighted by Crippen LogP contribution is 2.34. The maximum atomic E-state index is 3.65. The van der Waals surface area contributed by atoms with Crippen LogP contribution in [0.2, 0.25) is 22.2 Å². The first kappa shape index (κ1) is 28.2. The van der Waals surface area contributed by atoms with Crippen LogP contribution in [0.1, 0.15) is 66.5 Å². The van der Waals surface area contributed by atoms with Crippen LogP contribution in [0.4, 0.5) is 0 Å². The van der Waals surface area contributed by atoms with Gasteiger partial charge in [-0.1, -0.05) is 104 Å². The number of hydrogen-bond donors (Lipinski definition) is 0. The largest absolute Gasteiger partial charge is 0.150 e. The molecule has 2 radical (unpaired) electrons. The molecule has 0 saturated carbocycles. The Morgan fingerprint density at radius 2 is 0.725 bits per heavy atom. The quantitative estimate of drug-likeness (QED) is 0.0900. The first-order valence-corrected chi connectivity index (χ1v) is 18.0. The van der Waals surface area contributed by atoms with Crippen molar-refractivity contribution in [2.24, 2.45) is 0 Å². The molecule has 0 aliphatic heterocycles. The minimum absolute atomic E-state index is 0.661. The molecule has 0 unspecified atom stereocenters. The number of fused-ring (bicyclic) bond motifs is 6. The van der Waals surface area contributed by atoms with Gasteiger partial charge in [0.25, 0.3) is 0 Å². The Kier molecular flexibility index (Phi) is 8.23. The second-order valence-electron chi connectivity index (χ2n) is 12.3. The summed E-state index contributed by atoms with van der Waals surface area (Å²) in [4.78, 5) is 0. The Morgan fingerprint density at radius 3 is 1.05 bits per heavy atom. The standard InChI is InChI=1S/C38H40Si2/c1-25(2)39(26(3)4)19-17-29-9-15-35-31(21-29)11-13-33-24-38-34(23-37(33)35)14-12-32-22-30(10-16-36(32)38)18-20-40(27(5)6)28(7)8/h9-16,21-28H,1-8H3. The van der Waals surface area contributed by atoms with E-state index in [2.05, 4.69) is 151 Å². The molecule has 0 saturated heterocycles. The Labute approximate surface area is 244 Å². The molecule has 0 fully saturated rings. The Morgan fingerprint density at radius 1 is 0.400 bits per heavy atom. The van der Waals surface area contributed by atoms with Gasteiger partial charge in [0.2, 0.25) is 0 Å². The highest BCUT2D eigenvalue weighted by Gasteiger charge is 2.18. The van der Waals surface area contributed by atoms with Crippen molar-refractivity contribution in [1.82, 2.24) is 0 Å². The van der Waals surface area contributed by atoms with Gasteiger partial charge in [-0.3, -0.25) is 0 Å². The molecule has 0 heterocycles. The van der Waals surface area contributed by atoms with Crippen LogP contribution in [0.5, 0.6) is 0 Å². The number of rotatable bonds is 4. The summed E-state index contributed by atoms with van der Waals surface area (Å²) in [5.41, 5.74) is 12.2. The van der Waals surface area contributed by atoms with E-state index in [1.165, 1.54) is 43.1 Å². The number of benzene rings is 5. The van der Waals surface area contributed by atoms with E-state index in [1.54, 1.807) is 0 Å². The summed E-state index contributed by atoms with van der Waals surface area (Å²) in [5, 5.41) is 10.3. The van der Waals surface area contributed by atoms with Crippen LogP contribution in [0.3, 0.4) is 0 Å². The third-order valence-corrected chi connectivity index (χ3v) is 13.8. The molecule has 0 aliphatic carbocycles. The Hall–Kier alpha value is -3.31. The minimum Gasteiger partial charge on any atom is -0.127 e. The summed E-state index contributed by atoms with van der Waals surface area (Å²) in [6, 6.07) is 27.2. The lowest BCUT2D eigenvalue weighted by Crippen LogP contribution is -2.18. The van der Waals surface area contributed by atoms with Crippen molar-refractivity contribution in [3.63, 3.8) is 0 Å². The molecule has 0 aromatic heterocycles. The van der Waals surface area contributed by atoms with E-state index < -0.39 is 17.6 Å². The van der Waals surface area contributed by atoms with Gasteiger partial charge in [-0.2, -0.15) is 0 Å². The van der Waals surface area contributed by atoms with Crippen LogP contribution in [-0.2, 0) is 0 Å². The zero-order valence-electron chi connectivity index (χ0n) is 25.2. The molecule has 40 heavy (non-hydrogen) atoms. The van der Waals surface area contributed by atoms with E-state index in [0.717, 1.165) is 11.1 Å². The van der Waals surface area contributed by atoms with Crippen molar-refractivity contribution in [1.29, 1.82) is 0 Å². The van der Waals surface area contributed by atoms with E-state index in [-0.39, 0.29) is 0 Å². The highest BCUT2D eigenvalue weighted by atomic mass is 28.3.